The van der Waals surface area contributed by atoms with Gasteiger partial charge in [-0.2, -0.15) is 0 Å². The van der Waals surface area contributed by atoms with Crippen molar-refractivity contribution < 1.29 is 18.7 Å². The van der Waals surface area contributed by atoms with Gasteiger partial charge in [-0.1, -0.05) is 6.42 Å². The van der Waals surface area contributed by atoms with E-state index in [-0.39, 0.29) is 29.7 Å². The predicted octanol–water partition coefficient (Wildman–Crippen LogP) is 3.05. The summed E-state index contributed by atoms with van der Waals surface area (Å²) >= 11 is 1.30. The molecule has 2 aromatic rings. The lowest BCUT2D eigenvalue weighted by Gasteiger charge is -2.10. The minimum absolute atomic E-state index is 0.117. The van der Waals surface area contributed by atoms with Gasteiger partial charge in [-0.15, -0.1) is 22.0 Å². The summed E-state index contributed by atoms with van der Waals surface area (Å²) in [4.78, 5) is 23.2. The fraction of sp³-hybridized carbons (Fsp3) is 0.474. The van der Waals surface area contributed by atoms with E-state index in [0.717, 1.165) is 43.6 Å². The Bertz CT molecular complexity index is 856. The fourth-order valence-electron chi connectivity index (χ4n) is 3.05. The van der Waals surface area contributed by atoms with Crippen molar-refractivity contribution in [1.82, 2.24) is 14.8 Å². The normalized spacial score (nSPS) is 13.5. The van der Waals surface area contributed by atoms with Crippen molar-refractivity contribution >= 4 is 29.3 Å². The average Bonchev–Trinajstić information content (AvgIpc) is 2.95. The summed E-state index contributed by atoms with van der Waals surface area (Å²) in [5.74, 6) is 1.12. The number of aromatic nitrogens is 3. The molecule has 1 N–H and O–H groups in total. The highest BCUT2D eigenvalue weighted by atomic mass is 32.2. The van der Waals surface area contributed by atoms with E-state index in [0.29, 0.717) is 11.6 Å². The van der Waals surface area contributed by atoms with Crippen molar-refractivity contribution in [3.05, 3.63) is 29.8 Å². The van der Waals surface area contributed by atoms with Gasteiger partial charge in [0.15, 0.2) is 5.82 Å². The van der Waals surface area contributed by atoms with Crippen LogP contribution in [-0.4, -0.2) is 45.3 Å². The number of halogens is 1. The molecule has 1 aromatic heterocycles. The number of amides is 1. The van der Waals surface area contributed by atoms with E-state index in [4.69, 9.17) is 0 Å². The first-order valence-electron chi connectivity index (χ1n) is 9.25. The van der Waals surface area contributed by atoms with Gasteiger partial charge >= 0.3 is 5.97 Å². The van der Waals surface area contributed by atoms with E-state index >= 15 is 0 Å². The number of ether oxygens (including phenoxy) is 1. The minimum atomic E-state index is -0.505. The van der Waals surface area contributed by atoms with Crippen LogP contribution in [0.2, 0.25) is 0 Å². The number of carbonyl (C=O) groups is 2. The maximum absolute atomic E-state index is 14.2. The number of hydrogen-bond acceptors (Lipinski definition) is 6. The molecule has 0 atom stereocenters. The zero-order valence-electron chi connectivity index (χ0n) is 15.7. The lowest BCUT2D eigenvalue weighted by atomic mass is 10.1. The molecule has 0 saturated carbocycles. The second kappa shape index (κ2) is 9.68. The van der Waals surface area contributed by atoms with Crippen LogP contribution in [0.15, 0.2) is 18.2 Å². The molecule has 0 unspecified atom stereocenters. The summed E-state index contributed by atoms with van der Waals surface area (Å²) < 4.78 is 20.8. The Morgan fingerprint density at radius 1 is 1.29 bits per heavy atom. The molecule has 28 heavy (non-hydrogen) atoms. The van der Waals surface area contributed by atoms with Gasteiger partial charge in [0, 0.05) is 30.7 Å². The van der Waals surface area contributed by atoms with Crippen LogP contribution >= 0.6 is 11.8 Å². The number of nitrogens with zero attached hydrogens (tertiary/aromatic N) is 3. The number of thioether (sulfide) groups is 1. The highest BCUT2D eigenvalue weighted by Crippen LogP contribution is 2.26. The smallest absolute Gasteiger partial charge is 0.315 e. The minimum Gasteiger partial charge on any atom is -0.468 e. The summed E-state index contributed by atoms with van der Waals surface area (Å²) in [5, 5.41) is 11.2. The average molecular weight is 406 g/mol. The van der Waals surface area contributed by atoms with Crippen LogP contribution in [0.5, 0.6) is 0 Å². The van der Waals surface area contributed by atoms with Crippen LogP contribution in [0.1, 0.15) is 31.5 Å². The standard InChI is InChI=1S/C19H23FN4O3S/c1-27-18(26)12-28-10-8-17(25)21-15-11-13(6-7-14(15)20)19-23-22-16-5-3-2-4-9-24(16)19/h6-7,11H,2-5,8-10,12H2,1H3,(H,21,25). The Morgan fingerprint density at radius 3 is 2.96 bits per heavy atom. The fourth-order valence-corrected chi connectivity index (χ4v) is 3.81. The largest absolute Gasteiger partial charge is 0.468 e. The molecule has 0 bridgehead atoms. The first-order valence-corrected chi connectivity index (χ1v) is 10.4. The number of nitrogens with one attached hydrogen (secondary N) is 1. The summed E-state index contributed by atoms with van der Waals surface area (Å²) in [6.07, 6.45) is 4.37. The number of methoxy groups -OCH3 is 1. The molecule has 1 amide bonds. The second-order valence-corrected chi connectivity index (χ2v) is 7.63. The molecule has 0 saturated heterocycles. The number of carbonyl (C=O) groups excluding carboxylic acids is 2. The SMILES string of the molecule is COC(=O)CSCCC(=O)Nc1cc(-c2nnc3n2CCCCC3)ccc1F. The number of hydrogen-bond donors (Lipinski definition) is 1. The molecule has 0 fully saturated rings. The van der Waals surface area contributed by atoms with Gasteiger partial charge in [0.1, 0.15) is 11.6 Å². The van der Waals surface area contributed by atoms with Crippen LogP contribution in [0.4, 0.5) is 10.1 Å². The van der Waals surface area contributed by atoms with Crippen LogP contribution in [0.3, 0.4) is 0 Å². The molecular weight excluding hydrogens is 383 g/mol. The highest BCUT2D eigenvalue weighted by Gasteiger charge is 2.17. The molecule has 9 heteroatoms. The van der Waals surface area contributed by atoms with Gasteiger partial charge in [-0.25, -0.2) is 4.39 Å². The van der Waals surface area contributed by atoms with Crippen molar-refractivity contribution in [1.29, 1.82) is 0 Å². The summed E-state index contributed by atoms with van der Waals surface area (Å²) in [7, 11) is 1.32. The molecule has 2 heterocycles. The molecule has 0 aliphatic carbocycles. The van der Waals surface area contributed by atoms with E-state index in [9.17, 15) is 14.0 Å². The molecular formula is C19H23FN4O3S. The molecule has 7 nitrogen and oxygen atoms in total. The van der Waals surface area contributed by atoms with E-state index in [1.807, 2.05) is 0 Å². The lowest BCUT2D eigenvalue weighted by molar-refractivity contribution is -0.137. The molecule has 0 spiro atoms. The summed E-state index contributed by atoms with van der Waals surface area (Å²) in [5.41, 5.74) is 0.837. The maximum Gasteiger partial charge on any atom is 0.315 e. The van der Waals surface area contributed by atoms with Gasteiger partial charge in [0.05, 0.1) is 18.6 Å². The van der Waals surface area contributed by atoms with Gasteiger partial charge in [0.25, 0.3) is 0 Å². The Kier molecular flexibility index (Phi) is 7.02. The molecule has 0 radical (unpaired) electrons. The van der Waals surface area contributed by atoms with Crippen molar-refractivity contribution in [3.8, 4) is 11.4 Å². The van der Waals surface area contributed by atoms with Crippen LogP contribution in [0.25, 0.3) is 11.4 Å². The topological polar surface area (TPSA) is 86.1 Å². The number of benzene rings is 1. The first kappa shape index (κ1) is 20.3. The second-order valence-electron chi connectivity index (χ2n) is 6.52. The highest BCUT2D eigenvalue weighted by molar-refractivity contribution is 7.99. The number of anilines is 1. The van der Waals surface area contributed by atoms with Crippen molar-refractivity contribution in [3.63, 3.8) is 0 Å². The van der Waals surface area contributed by atoms with Gasteiger partial charge in [-0.3, -0.25) is 9.59 Å². The zero-order chi connectivity index (χ0) is 19.9. The van der Waals surface area contributed by atoms with Crippen molar-refractivity contribution in [2.75, 3.05) is 23.9 Å². The van der Waals surface area contributed by atoms with E-state index in [2.05, 4.69) is 24.8 Å². The third-order valence-corrected chi connectivity index (χ3v) is 5.46. The first-order chi connectivity index (χ1) is 13.6. The Balaban J connectivity index is 1.66. The van der Waals surface area contributed by atoms with Crippen LogP contribution in [-0.2, 0) is 27.3 Å². The summed E-state index contributed by atoms with van der Waals surface area (Å²) in [6, 6.07) is 4.58. The number of fused-ring (bicyclic) bond motifs is 1. The number of aryl methyl sites for hydroxylation is 1. The molecule has 1 aromatic carbocycles. The van der Waals surface area contributed by atoms with E-state index in [1.165, 1.54) is 24.9 Å². The third-order valence-electron chi connectivity index (χ3n) is 4.53. The Morgan fingerprint density at radius 2 is 2.14 bits per heavy atom. The van der Waals surface area contributed by atoms with Crippen LogP contribution < -0.4 is 5.32 Å². The Labute approximate surface area is 167 Å². The maximum atomic E-state index is 14.2. The van der Waals surface area contributed by atoms with Crippen molar-refractivity contribution in [2.45, 2.75) is 38.6 Å². The van der Waals surface area contributed by atoms with E-state index < -0.39 is 5.82 Å². The molecule has 3 rings (SSSR count). The quantitative estimate of drug-likeness (QED) is 0.562. The molecule has 1 aliphatic rings. The Hall–Kier alpha value is -2.42. The van der Waals surface area contributed by atoms with Gasteiger partial charge in [0.2, 0.25) is 5.91 Å². The monoisotopic (exact) mass is 406 g/mol. The lowest BCUT2D eigenvalue weighted by Crippen LogP contribution is -2.14. The number of rotatable bonds is 7. The predicted molar refractivity (Wildman–Crippen MR) is 106 cm³/mol. The van der Waals surface area contributed by atoms with Gasteiger partial charge in [-0.05, 0) is 31.0 Å². The third kappa shape index (κ3) is 5.09. The van der Waals surface area contributed by atoms with E-state index in [1.54, 1.807) is 12.1 Å². The van der Waals surface area contributed by atoms with Crippen molar-refractivity contribution in [2.24, 2.45) is 0 Å². The molecule has 150 valence electrons. The van der Waals surface area contributed by atoms with Crippen LogP contribution in [0, 0.1) is 5.82 Å². The molecule has 1 aliphatic heterocycles. The zero-order valence-corrected chi connectivity index (χ0v) is 16.6. The number of esters is 1. The summed E-state index contributed by atoms with van der Waals surface area (Å²) in [6.45, 7) is 0.841. The van der Waals surface area contributed by atoms with Gasteiger partial charge < -0.3 is 14.6 Å².